The van der Waals surface area contributed by atoms with Gasteiger partial charge in [0.05, 0.1) is 4.92 Å². The normalized spacial score (nSPS) is 17.4. The monoisotopic (exact) mass is 327 g/mol. The molecule has 0 amide bonds. The predicted octanol–water partition coefficient (Wildman–Crippen LogP) is 4.13. The molecule has 2 rings (SSSR count). The van der Waals surface area contributed by atoms with Crippen molar-refractivity contribution in [1.29, 1.82) is 0 Å². The van der Waals surface area contributed by atoms with Crippen molar-refractivity contribution >= 4 is 27.4 Å². The van der Waals surface area contributed by atoms with Crippen LogP contribution >= 0.6 is 15.9 Å². The van der Waals surface area contributed by atoms with Gasteiger partial charge < -0.3 is 5.32 Å². The minimum absolute atomic E-state index is 0.0265. The fourth-order valence-electron chi connectivity index (χ4n) is 2.76. The van der Waals surface area contributed by atoms with E-state index in [4.69, 9.17) is 0 Å². The molecule has 19 heavy (non-hydrogen) atoms. The summed E-state index contributed by atoms with van der Waals surface area (Å²) >= 11 is 3.21. The van der Waals surface area contributed by atoms with Crippen LogP contribution in [0.25, 0.3) is 0 Å². The zero-order chi connectivity index (χ0) is 13.9. The quantitative estimate of drug-likeness (QED) is 0.652. The lowest BCUT2D eigenvalue weighted by molar-refractivity contribution is -0.384. The SMILES string of the molecule is CCC1(CNc2ncc(Br)cc2[N+](=O)[O-])CCCC1. The highest BCUT2D eigenvalue weighted by atomic mass is 79.9. The van der Waals surface area contributed by atoms with E-state index in [1.165, 1.54) is 31.7 Å². The molecule has 104 valence electrons. The molecule has 1 aromatic rings. The molecular weight excluding hydrogens is 310 g/mol. The van der Waals surface area contributed by atoms with Crippen molar-refractivity contribution in [2.75, 3.05) is 11.9 Å². The van der Waals surface area contributed by atoms with Gasteiger partial charge in [0.15, 0.2) is 0 Å². The Hall–Kier alpha value is -1.17. The van der Waals surface area contributed by atoms with Crippen molar-refractivity contribution in [2.45, 2.75) is 39.0 Å². The Morgan fingerprint density at radius 1 is 1.53 bits per heavy atom. The first-order chi connectivity index (χ1) is 9.06. The van der Waals surface area contributed by atoms with Gasteiger partial charge in [-0.15, -0.1) is 0 Å². The van der Waals surface area contributed by atoms with E-state index in [1.807, 2.05) is 0 Å². The number of hydrogen-bond donors (Lipinski definition) is 1. The molecule has 0 spiro atoms. The Kier molecular flexibility index (Phi) is 4.39. The number of halogens is 1. The van der Waals surface area contributed by atoms with E-state index in [0.717, 1.165) is 13.0 Å². The van der Waals surface area contributed by atoms with Crippen LogP contribution < -0.4 is 5.32 Å². The van der Waals surface area contributed by atoms with Crippen molar-refractivity contribution in [2.24, 2.45) is 5.41 Å². The number of hydrogen-bond acceptors (Lipinski definition) is 4. The number of nitrogens with zero attached hydrogens (tertiary/aromatic N) is 2. The average Bonchev–Trinajstić information content (AvgIpc) is 2.86. The van der Waals surface area contributed by atoms with Crippen LogP contribution in [0.15, 0.2) is 16.7 Å². The van der Waals surface area contributed by atoms with Crippen molar-refractivity contribution in [3.8, 4) is 0 Å². The van der Waals surface area contributed by atoms with Gasteiger partial charge in [0.2, 0.25) is 5.82 Å². The first-order valence-corrected chi connectivity index (χ1v) is 7.39. The van der Waals surface area contributed by atoms with Crippen LogP contribution in [0, 0.1) is 15.5 Å². The van der Waals surface area contributed by atoms with E-state index in [-0.39, 0.29) is 11.1 Å². The first-order valence-electron chi connectivity index (χ1n) is 6.60. The Morgan fingerprint density at radius 2 is 2.21 bits per heavy atom. The van der Waals surface area contributed by atoms with Crippen molar-refractivity contribution in [3.63, 3.8) is 0 Å². The molecule has 0 aliphatic heterocycles. The summed E-state index contributed by atoms with van der Waals surface area (Å²) in [5, 5.41) is 14.2. The summed E-state index contributed by atoms with van der Waals surface area (Å²) < 4.78 is 0.621. The number of nitrogens with one attached hydrogen (secondary N) is 1. The molecule has 0 saturated heterocycles. The van der Waals surface area contributed by atoms with Crippen LogP contribution in [0.2, 0.25) is 0 Å². The summed E-state index contributed by atoms with van der Waals surface area (Å²) in [6, 6.07) is 1.49. The van der Waals surface area contributed by atoms with Crippen LogP contribution in [0.1, 0.15) is 39.0 Å². The summed E-state index contributed by atoms with van der Waals surface area (Å²) in [5.41, 5.74) is 0.307. The standard InChI is InChI=1S/C13H18BrN3O2/c1-2-13(5-3-4-6-13)9-16-12-11(17(18)19)7-10(14)8-15-12/h7-8H,2-6,9H2,1H3,(H,15,16). The van der Waals surface area contributed by atoms with Gasteiger partial charge in [0, 0.05) is 23.3 Å². The van der Waals surface area contributed by atoms with Gasteiger partial charge in [-0.05, 0) is 40.6 Å². The zero-order valence-corrected chi connectivity index (χ0v) is 12.6. The summed E-state index contributed by atoms with van der Waals surface area (Å²) in [6.45, 7) is 2.95. The predicted molar refractivity (Wildman–Crippen MR) is 78.3 cm³/mol. The number of rotatable bonds is 5. The molecule has 5 nitrogen and oxygen atoms in total. The molecule has 0 radical (unpaired) electrons. The summed E-state index contributed by atoms with van der Waals surface area (Å²) in [4.78, 5) is 14.8. The van der Waals surface area contributed by atoms with Crippen molar-refractivity contribution < 1.29 is 4.92 Å². The molecule has 1 aliphatic carbocycles. The van der Waals surface area contributed by atoms with Gasteiger partial charge in [-0.2, -0.15) is 0 Å². The van der Waals surface area contributed by atoms with E-state index in [9.17, 15) is 10.1 Å². The molecule has 6 heteroatoms. The molecule has 0 aromatic carbocycles. The fourth-order valence-corrected chi connectivity index (χ4v) is 3.07. The van der Waals surface area contributed by atoms with Gasteiger partial charge in [0.25, 0.3) is 0 Å². The molecule has 0 atom stereocenters. The number of anilines is 1. The molecule has 1 heterocycles. The molecular formula is C13H18BrN3O2. The van der Waals surface area contributed by atoms with Crippen LogP contribution in [0.5, 0.6) is 0 Å². The summed E-state index contributed by atoms with van der Waals surface area (Å²) in [7, 11) is 0. The van der Waals surface area contributed by atoms with Gasteiger partial charge in [-0.25, -0.2) is 4.98 Å². The van der Waals surface area contributed by atoms with E-state index < -0.39 is 4.92 Å². The lowest BCUT2D eigenvalue weighted by Gasteiger charge is -2.27. The lowest BCUT2D eigenvalue weighted by atomic mass is 9.83. The molecule has 1 fully saturated rings. The second kappa shape index (κ2) is 5.86. The fraction of sp³-hybridized carbons (Fsp3) is 0.615. The maximum absolute atomic E-state index is 11.0. The number of nitro groups is 1. The minimum atomic E-state index is -0.395. The average molecular weight is 328 g/mol. The van der Waals surface area contributed by atoms with Gasteiger partial charge in [-0.3, -0.25) is 10.1 Å². The van der Waals surface area contributed by atoms with E-state index in [1.54, 1.807) is 6.20 Å². The minimum Gasteiger partial charge on any atom is -0.364 e. The van der Waals surface area contributed by atoms with Crippen LogP contribution in [0.4, 0.5) is 11.5 Å². The molecule has 0 unspecified atom stereocenters. The topological polar surface area (TPSA) is 68.1 Å². The van der Waals surface area contributed by atoms with E-state index in [2.05, 4.69) is 33.2 Å². The second-order valence-electron chi connectivity index (χ2n) is 5.19. The molecule has 1 aliphatic rings. The maximum Gasteiger partial charge on any atom is 0.312 e. The van der Waals surface area contributed by atoms with E-state index in [0.29, 0.717) is 10.3 Å². The highest BCUT2D eigenvalue weighted by molar-refractivity contribution is 9.10. The lowest BCUT2D eigenvalue weighted by Crippen LogP contribution is -2.26. The Balaban J connectivity index is 2.13. The molecule has 1 N–H and O–H groups in total. The zero-order valence-electron chi connectivity index (χ0n) is 11.0. The van der Waals surface area contributed by atoms with Gasteiger partial charge in [0.1, 0.15) is 0 Å². The molecule has 1 saturated carbocycles. The van der Waals surface area contributed by atoms with Gasteiger partial charge in [-0.1, -0.05) is 19.8 Å². The Labute approximate surface area is 121 Å². The highest BCUT2D eigenvalue weighted by Gasteiger charge is 2.32. The van der Waals surface area contributed by atoms with Crippen LogP contribution in [-0.4, -0.2) is 16.5 Å². The summed E-state index contributed by atoms with van der Waals surface area (Å²) in [5.74, 6) is 0.368. The third-order valence-corrected chi connectivity index (χ3v) is 4.51. The third-order valence-electron chi connectivity index (χ3n) is 4.08. The third kappa shape index (κ3) is 3.23. The summed E-state index contributed by atoms with van der Waals surface area (Å²) in [6.07, 6.45) is 7.59. The van der Waals surface area contributed by atoms with Crippen LogP contribution in [-0.2, 0) is 0 Å². The van der Waals surface area contributed by atoms with Crippen molar-refractivity contribution in [3.05, 3.63) is 26.9 Å². The number of pyridine rings is 1. The highest BCUT2D eigenvalue weighted by Crippen LogP contribution is 2.41. The second-order valence-corrected chi connectivity index (χ2v) is 6.11. The smallest absolute Gasteiger partial charge is 0.312 e. The van der Waals surface area contributed by atoms with Crippen LogP contribution in [0.3, 0.4) is 0 Å². The molecule has 0 bridgehead atoms. The first kappa shape index (κ1) is 14.2. The Morgan fingerprint density at radius 3 is 2.79 bits per heavy atom. The maximum atomic E-state index is 11.0. The Bertz CT molecular complexity index is 473. The van der Waals surface area contributed by atoms with Gasteiger partial charge >= 0.3 is 5.69 Å². The molecule has 1 aromatic heterocycles. The largest absolute Gasteiger partial charge is 0.364 e. The van der Waals surface area contributed by atoms with E-state index >= 15 is 0 Å². The van der Waals surface area contributed by atoms with Crippen molar-refractivity contribution in [1.82, 2.24) is 4.98 Å². The number of aromatic nitrogens is 1.